The lowest BCUT2D eigenvalue weighted by Gasteiger charge is -2.10. The zero-order valence-corrected chi connectivity index (χ0v) is 8.10. The summed E-state index contributed by atoms with van der Waals surface area (Å²) in [4.78, 5) is 21.9. The fourth-order valence-corrected chi connectivity index (χ4v) is 0.953. The minimum Gasteiger partial charge on any atom is -0.479 e. The van der Waals surface area contributed by atoms with Crippen molar-refractivity contribution >= 4 is 11.9 Å². The van der Waals surface area contributed by atoms with Gasteiger partial charge in [-0.15, -0.1) is 0 Å². The highest BCUT2D eigenvalue weighted by atomic mass is 16.5. The molecule has 0 spiro atoms. The zero-order valence-electron chi connectivity index (χ0n) is 8.10. The minimum absolute atomic E-state index is 0.0875. The Morgan fingerprint density at radius 1 is 1.67 bits per heavy atom. The van der Waals surface area contributed by atoms with E-state index >= 15 is 0 Å². The Morgan fingerprint density at radius 3 is 2.87 bits per heavy atom. The Labute approximate surface area is 85.8 Å². The topological polar surface area (TPSA) is 88.8 Å². The lowest BCUT2D eigenvalue weighted by atomic mass is 10.3. The van der Waals surface area contributed by atoms with Crippen LogP contribution in [-0.4, -0.2) is 36.7 Å². The lowest BCUT2D eigenvalue weighted by Crippen LogP contribution is -2.37. The highest BCUT2D eigenvalue weighted by Crippen LogP contribution is 1.99. The molecular weight excluding hydrogens is 202 g/mol. The van der Waals surface area contributed by atoms with Gasteiger partial charge < -0.3 is 19.6 Å². The maximum absolute atomic E-state index is 11.3. The van der Waals surface area contributed by atoms with Crippen molar-refractivity contribution in [3.63, 3.8) is 0 Å². The van der Waals surface area contributed by atoms with Crippen LogP contribution in [-0.2, 0) is 9.53 Å². The van der Waals surface area contributed by atoms with Gasteiger partial charge in [0.2, 0.25) is 0 Å². The zero-order chi connectivity index (χ0) is 11.3. The van der Waals surface area contributed by atoms with E-state index in [2.05, 4.69) is 10.1 Å². The van der Waals surface area contributed by atoms with Crippen molar-refractivity contribution in [2.24, 2.45) is 0 Å². The van der Waals surface area contributed by atoms with Crippen LogP contribution in [0.2, 0.25) is 0 Å². The van der Waals surface area contributed by atoms with Gasteiger partial charge in [0.05, 0.1) is 18.4 Å². The van der Waals surface area contributed by atoms with Crippen molar-refractivity contribution in [1.82, 2.24) is 5.32 Å². The van der Waals surface area contributed by atoms with E-state index < -0.39 is 18.0 Å². The van der Waals surface area contributed by atoms with Gasteiger partial charge in [0.25, 0.3) is 5.91 Å². The standard InChI is InChI=1S/C9H11NO5/c1-14-7(9(12)13)4-10-8(11)6-2-3-15-5-6/h2-3,5,7H,4H2,1H3,(H,10,11)(H,12,13). The molecule has 2 N–H and O–H groups in total. The number of hydrogen-bond donors (Lipinski definition) is 2. The molecule has 6 heteroatoms. The molecule has 1 heterocycles. The van der Waals surface area contributed by atoms with Crippen LogP contribution in [0.1, 0.15) is 10.4 Å². The molecule has 1 unspecified atom stereocenters. The van der Waals surface area contributed by atoms with Crippen molar-refractivity contribution in [1.29, 1.82) is 0 Å². The fourth-order valence-electron chi connectivity index (χ4n) is 0.953. The van der Waals surface area contributed by atoms with Gasteiger partial charge in [-0.1, -0.05) is 0 Å². The van der Waals surface area contributed by atoms with Crippen LogP contribution in [0.25, 0.3) is 0 Å². The van der Waals surface area contributed by atoms with Crippen molar-refractivity contribution in [3.8, 4) is 0 Å². The van der Waals surface area contributed by atoms with Crippen LogP contribution >= 0.6 is 0 Å². The molecule has 0 bridgehead atoms. The molecule has 1 aromatic rings. The molecule has 6 nitrogen and oxygen atoms in total. The summed E-state index contributed by atoms with van der Waals surface area (Å²) < 4.78 is 9.35. The number of hydrogen-bond acceptors (Lipinski definition) is 4. The quantitative estimate of drug-likeness (QED) is 0.724. The molecule has 0 saturated heterocycles. The number of ether oxygens (including phenoxy) is 1. The van der Waals surface area contributed by atoms with E-state index in [0.717, 1.165) is 0 Å². The summed E-state index contributed by atoms with van der Waals surface area (Å²) in [5, 5.41) is 11.0. The van der Waals surface area contributed by atoms with Gasteiger partial charge in [-0.3, -0.25) is 4.79 Å². The summed E-state index contributed by atoms with van der Waals surface area (Å²) in [7, 11) is 1.27. The molecule has 15 heavy (non-hydrogen) atoms. The summed E-state index contributed by atoms with van der Waals surface area (Å²) in [6.45, 7) is -0.0875. The van der Waals surface area contributed by atoms with E-state index in [1.807, 2.05) is 0 Å². The molecule has 1 rings (SSSR count). The van der Waals surface area contributed by atoms with Gasteiger partial charge in [0, 0.05) is 7.11 Å². The van der Waals surface area contributed by atoms with Gasteiger partial charge >= 0.3 is 5.97 Å². The second kappa shape index (κ2) is 5.16. The van der Waals surface area contributed by atoms with E-state index in [1.165, 1.54) is 25.7 Å². The molecular formula is C9H11NO5. The van der Waals surface area contributed by atoms with Gasteiger partial charge in [-0.05, 0) is 6.07 Å². The van der Waals surface area contributed by atoms with Crippen LogP contribution in [0.4, 0.5) is 0 Å². The Morgan fingerprint density at radius 2 is 2.40 bits per heavy atom. The van der Waals surface area contributed by atoms with Gasteiger partial charge in [-0.25, -0.2) is 4.79 Å². The number of methoxy groups -OCH3 is 1. The molecule has 1 aromatic heterocycles. The monoisotopic (exact) mass is 213 g/mol. The molecule has 1 atom stereocenters. The van der Waals surface area contributed by atoms with E-state index in [4.69, 9.17) is 9.52 Å². The second-order valence-electron chi connectivity index (χ2n) is 2.78. The van der Waals surface area contributed by atoms with Crippen LogP contribution in [0, 0.1) is 0 Å². The first-order chi connectivity index (χ1) is 7.15. The first-order valence-electron chi connectivity index (χ1n) is 4.21. The smallest absolute Gasteiger partial charge is 0.334 e. The third-order valence-corrected chi connectivity index (χ3v) is 1.79. The first kappa shape index (κ1) is 11.3. The number of rotatable bonds is 5. The SMILES string of the molecule is COC(CNC(=O)c1ccoc1)C(=O)O. The number of nitrogens with one attached hydrogen (secondary N) is 1. The maximum Gasteiger partial charge on any atom is 0.334 e. The van der Waals surface area contributed by atoms with E-state index in [-0.39, 0.29) is 6.54 Å². The third kappa shape index (κ3) is 3.10. The lowest BCUT2D eigenvalue weighted by molar-refractivity contribution is -0.147. The Hall–Kier alpha value is -1.82. The van der Waals surface area contributed by atoms with Gasteiger partial charge in [-0.2, -0.15) is 0 Å². The van der Waals surface area contributed by atoms with Crippen molar-refractivity contribution in [3.05, 3.63) is 24.2 Å². The molecule has 1 amide bonds. The molecule has 0 aliphatic carbocycles. The summed E-state index contributed by atoms with van der Waals surface area (Å²) in [6.07, 6.45) is 1.60. The molecule has 0 aliphatic heterocycles. The van der Waals surface area contributed by atoms with Crippen LogP contribution in [0.15, 0.2) is 23.0 Å². The fraction of sp³-hybridized carbons (Fsp3) is 0.333. The maximum atomic E-state index is 11.3. The Bertz CT molecular complexity index is 332. The van der Waals surface area contributed by atoms with Crippen LogP contribution in [0.5, 0.6) is 0 Å². The highest BCUT2D eigenvalue weighted by Gasteiger charge is 2.17. The van der Waals surface area contributed by atoms with E-state index in [9.17, 15) is 9.59 Å². The molecule has 82 valence electrons. The molecule has 0 saturated carbocycles. The van der Waals surface area contributed by atoms with Crippen molar-refractivity contribution in [2.45, 2.75) is 6.10 Å². The minimum atomic E-state index is -1.12. The molecule has 0 fully saturated rings. The largest absolute Gasteiger partial charge is 0.479 e. The van der Waals surface area contributed by atoms with Crippen molar-refractivity contribution in [2.75, 3.05) is 13.7 Å². The summed E-state index contributed by atoms with van der Waals surface area (Å²) in [6, 6.07) is 1.48. The number of carbonyl (C=O) groups is 2. The first-order valence-corrected chi connectivity index (χ1v) is 4.21. The number of aliphatic carboxylic acids is 1. The number of carboxylic acids is 1. The normalized spacial score (nSPS) is 12.1. The number of carboxylic acid groups (broad SMARTS) is 1. The van der Waals surface area contributed by atoms with Crippen LogP contribution < -0.4 is 5.32 Å². The van der Waals surface area contributed by atoms with Crippen molar-refractivity contribution < 1.29 is 23.8 Å². The average molecular weight is 213 g/mol. The molecule has 0 radical (unpaired) electrons. The summed E-state index contributed by atoms with van der Waals surface area (Å²) in [5.74, 6) is -1.52. The third-order valence-electron chi connectivity index (χ3n) is 1.79. The highest BCUT2D eigenvalue weighted by molar-refractivity contribution is 5.94. The Kier molecular flexibility index (Phi) is 3.87. The number of furan rings is 1. The van der Waals surface area contributed by atoms with E-state index in [1.54, 1.807) is 0 Å². The summed E-state index contributed by atoms with van der Waals surface area (Å²) >= 11 is 0. The molecule has 0 aliphatic rings. The predicted octanol–water partition coefficient (Wildman–Crippen LogP) is 0.109. The van der Waals surface area contributed by atoms with Gasteiger partial charge in [0.15, 0.2) is 6.10 Å². The van der Waals surface area contributed by atoms with Gasteiger partial charge in [0.1, 0.15) is 6.26 Å². The average Bonchev–Trinajstić information content (AvgIpc) is 2.70. The predicted molar refractivity (Wildman–Crippen MR) is 49.5 cm³/mol. The Balaban J connectivity index is 2.43. The van der Waals surface area contributed by atoms with E-state index in [0.29, 0.717) is 5.56 Å². The van der Waals surface area contributed by atoms with Crippen LogP contribution in [0.3, 0.4) is 0 Å². The summed E-state index contributed by atoms with van der Waals surface area (Å²) in [5.41, 5.74) is 0.343. The number of amides is 1. The number of carbonyl (C=O) groups excluding carboxylic acids is 1. The second-order valence-corrected chi connectivity index (χ2v) is 2.78. The molecule has 0 aromatic carbocycles.